The lowest BCUT2D eigenvalue weighted by Gasteiger charge is -2.03. The number of methoxy groups -OCH3 is 1. The van der Waals surface area contributed by atoms with Gasteiger partial charge in [0.15, 0.2) is 5.75 Å². The average molecular weight is 201 g/mol. The Labute approximate surface area is 80.2 Å². The molecule has 0 N–H and O–H groups in total. The molecular formula is C8H7ClNO3. The van der Waals surface area contributed by atoms with Gasteiger partial charge in [-0.1, -0.05) is 11.6 Å². The molecule has 1 radical (unpaired) electrons. The second-order valence-corrected chi connectivity index (χ2v) is 2.78. The van der Waals surface area contributed by atoms with Crippen LogP contribution in [0.2, 0.25) is 5.02 Å². The molecule has 0 unspecified atom stereocenters. The van der Waals surface area contributed by atoms with Crippen molar-refractivity contribution in [3.05, 3.63) is 39.8 Å². The summed E-state index contributed by atoms with van der Waals surface area (Å²) in [5, 5.41) is 10.7. The lowest BCUT2D eigenvalue weighted by Crippen LogP contribution is -1.94. The fourth-order valence-corrected chi connectivity index (χ4v) is 1.05. The molecule has 0 amide bonds. The van der Waals surface area contributed by atoms with E-state index in [9.17, 15) is 10.1 Å². The van der Waals surface area contributed by atoms with Gasteiger partial charge in [-0.3, -0.25) is 10.1 Å². The first kappa shape index (κ1) is 9.80. The van der Waals surface area contributed by atoms with Crippen molar-refractivity contribution in [3.8, 4) is 5.75 Å². The number of halogens is 1. The minimum absolute atomic E-state index is 0.153. The zero-order chi connectivity index (χ0) is 10.0. The quantitative estimate of drug-likeness (QED) is 0.544. The highest BCUT2D eigenvalue weighted by Gasteiger charge is 2.16. The molecule has 0 spiro atoms. The van der Waals surface area contributed by atoms with Gasteiger partial charge in [-0.25, -0.2) is 0 Å². The van der Waals surface area contributed by atoms with E-state index >= 15 is 0 Å². The van der Waals surface area contributed by atoms with Crippen molar-refractivity contribution in [2.75, 3.05) is 7.11 Å². The van der Waals surface area contributed by atoms with Crippen LogP contribution in [0, 0.1) is 17.0 Å². The van der Waals surface area contributed by atoms with Crippen LogP contribution in [0.1, 0.15) is 5.56 Å². The van der Waals surface area contributed by atoms with Crippen LogP contribution in [0.25, 0.3) is 0 Å². The third kappa shape index (κ3) is 1.89. The molecule has 1 aromatic carbocycles. The highest BCUT2D eigenvalue weighted by molar-refractivity contribution is 6.31. The third-order valence-corrected chi connectivity index (χ3v) is 1.90. The molecule has 1 rings (SSSR count). The summed E-state index contributed by atoms with van der Waals surface area (Å²) in [7, 11) is 1.36. The molecule has 0 saturated heterocycles. The van der Waals surface area contributed by atoms with Crippen LogP contribution in [0.5, 0.6) is 5.75 Å². The maximum atomic E-state index is 10.5. The molecule has 0 saturated carbocycles. The molecule has 5 heteroatoms. The van der Waals surface area contributed by atoms with Crippen molar-refractivity contribution in [1.29, 1.82) is 0 Å². The van der Waals surface area contributed by atoms with E-state index < -0.39 is 4.92 Å². The molecule has 0 aliphatic heterocycles. The minimum atomic E-state index is -0.551. The van der Waals surface area contributed by atoms with Gasteiger partial charge in [-0.15, -0.1) is 0 Å². The Morgan fingerprint density at radius 1 is 1.62 bits per heavy atom. The average Bonchev–Trinajstić information content (AvgIpc) is 2.08. The maximum Gasteiger partial charge on any atom is 0.312 e. The first-order chi connectivity index (χ1) is 6.06. The number of nitro groups is 1. The molecule has 0 aliphatic rings. The first-order valence-electron chi connectivity index (χ1n) is 3.40. The number of hydrogen-bond donors (Lipinski definition) is 0. The second-order valence-electron chi connectivity index (χ2n) is 2.37. The van der Waals surface area contributed by atoms with Crippen LogP contribution < -0.4 is 4.74 Å². The smallest absolute Gasteiger partial charge is 0.312 e. The second kappa shape index (κ2) is 3.62. The standard InChI is InChI=1S/C8H7ClNO3/c1-5-3-8(13-2)7(10(11)12)4-6(5)9/h3-4H,1H2,2H3. The van der Waals surface area contributed by atoms with Gasteiger partial charge >= 0.3 is 5.69 Å². The number of nitro benzene ring substituents is 1. The van der Waals surface area contributed by atoms with Crippen molar-refractivity contribution in [2.24, 2.45) is 0 Å². The minimum Gasteiger partial charge on any atom is -0.490 e. The Morgan fingerprint density at radius 2 is 2.23 bits per heavy atom. The van der Waals surface area contributed by atoms with Crippen molar-refractivity contribution in [2.45, 2.75) is 0 Å². The third-order valence-electron chi connectivity index (χ3n) is 1.54. The number of hydrogen-bond acceptors (Lipinski definition) is 3. The summed E-state index contributed by atoms with van der Waals surface area (Å²) in [5.41, 5.74) is 0.351. The molecule has 0 fully saturated rings. The lowest BCUT2D eigenvalue weighted by atomic mass is 10.2. The topological polar surface area (TPSA) is 52.4 Å². The van der Waals surface area contributed by atoms with Crippen molar-refractivity contribution < 1.29 is 9.66 Å². The van der Waals surface area contributed by atoms with Crippen molar-refractivity contribution >= 4 is 17.3 Å². The van der Waals surface area contributed by atoms with Gasteiger partial charge in [0.25, 0.3) is 0 Å². The van der Waals surface area contributed by atoms with Crippen LogP contribution in [0.15, 0.2) is 12.1 Å². The van der Waals surface area contributed by atoms with E-state index in [4.69, 9.17) is 16.3 Å². The molecule has 0 atom stereocenters. The van der Waals surface area contributed by atoms with Crippen LogP contribution in [0.4, 0.5) is 5.69 Å². The molecule has 0 heterocycles. The highest BCUT2D eigenvalue weighted by atomic mass is 35.5. The van der Waals surface area contributed by atoms with Gasteiger partial charge in [0, 0.05) is 6.07 Å². The summed E-state index contributed by atoms with van der Waals surface area (Å²) in [6.07, 6.45) is 0. The van der Waals surface area contributed by atoms with Crippen LogP contribution in [-0.4, -0.2) is 12.0 Å². The molecule has 13 heavy (non-hydrogen) atoms. The Hall–Kier alpha value is -1.29. The largest absolute Gasteiger partial charge is 0.490 e. The predicted molar refractivity (Wildman–Crippen MR) is 49.1 cm³/mol. The number of nitrogens with zero attached hydrogens (tertiary/aromatic N) is 1. The summed E-state index contributed by atoms with van der Waals surface area (Å²) >= 11 is 5.66. The van der Waals surface area contributed by atoms with Gasteiger partial charge in [0.2, 0.25) is 0 Å². The van der Waals surface area contributed by atoms with E-state index in [0.29, 0.717) is 5.56 Å². The number of rotatable bonds is 2. The van der Waals surface area contributed by atoms with E-state index in [0.717, 1.165) is 0 Å². The summed E-state index contributed by atoms with van der Waals surface area (Å²) in [6.45, 7) is 3.59. The molecule has 0 aromatic heterocycles. The fraction of sp³-hybridized carbons (Fsp3) is 0.125. The maximum absolute atomic E-state index is 10.5. The monoisotopic (exact) mass is 200 g/mol. The van der Waals surface area contributed by atoms with Crippen LogP contribution in [-0.2, 0) is 0 Å². The number of ether oxygens (including phenoxy) is 1. The highest BCUT2D eigenvalue weighted by Crippen LogP contribution is 2.32. The first-order valence-corrected chi connectivity index (χ1v) is 3.78. The summed E-state index contributed by atoms with van der Waals surface area (Å²) < 4.78 is 4.80. The molecule has 1 aromatic rings. The van der Waals surface area contributed by atoms with Crippen molar-refractivity contribution in [3.63, 3.8) is 0 Å². The summed E-state index contributed by atoms with van der Waals surface area (Å²) in [4.78, 5) is 9.94. The van der Waals surface area contributed by atoms with Gasteiger partial charge in [-0.2, -0.15) is 0 Å². The molecule has 4 nitrogen and oxygen atoms in total. The summed E-state index contributed by atoms with van der Waals surface area (Å²) in [6, 6.07) is 2.66. The molecule has 0 bridgehead atoms. The van der Waals surface area contributed by atoms with E-state index in [1.807, 2.05) is 0 Å². The van der Waals surface area contributed by atoms with Gasteiger partial charge < -0.3 is 4.74 Å². The zero-order valence-corrected chi connectivity index (χ0v) is 7.67. The van der Waals surface area contributed by atoms with Crippen LogP contribution in [0.3, 0.4) is 0 Å². The van der Waals surface area contributed by atoms with Gasteiger partial charge in [-0.05, 0) is 18.6 Å². The fourth-order valence-electron chi connectivity index (χ4n) is 0.891. The Kier molecular flexibility index (Phi) is 2.72. The SMILES string of the molecule is [CH2]c1cc(OC)c([N+](=O)[O-])cc1Cl. The Bertz CT molecular complexity index is 351. The van der Waals surface area contributed by atoms with Gasteiger partial charge in [0.05, 0.1) is 17.1 Å². The predicted octanol–water partition coefficient (Wildman–Crippen LogP) is 2.44. The Balaban J connectivity index is 3.33. The Morgan fingerprint density at radius 3 is 2.69 bits per heavy atom. The molecular weight excluding hydrogens is 194 g/mol. The van der Waals surface area contributed by atoms with Gasteiger partial charge in [0.1, 0.15) is 0 Å². The van der Waals surface area contributed by atoms with E-state index in [1.54, 1.807) is 0 Å². The van der Waals surface area contributed by atoms with E-state index in [2.05, 4.69) is 6.92 Å². The zero-order valence-electron chi connectivity index (χ0n) is 6.91. The van der Waals surface area contributed by atoms with E-state index in [1.165, 1.54) is 19.2 Å². The molecule has 0 aliphatic carbocycles. The van der Waals surface area contributed by atoms with Crippen molar-refractivity contribution in [1.82, 2.24) is 0 Å². The summed E-state index contributed by atoms with van der Waals surface area (Å²) in [5.74, 6) is 0.166. The number of benzene rings is 1. The van der Waals surface area contributed by atoms with Crippen LogP contribution >= 0.6 is 11.6 Å². The normalized spacial score (nSPS) is 9.77. The lowest BCUT2D eigenvalue weighted by molar-refractivity contribution is -0.385. The molecule has 69 valence electrons. The van der Waals surface area contributed by atoms with E-state index in [-0.39, 0.29) is 16.5 Å².